The van der Waals surface area contributed by atoms with Crippen molar-refractivity contribution in [1.29, 1.82) is 0 Å². The first-order valence-corrected chi connectivity index (χ1v) is 8.66. The molecule has 0 amide bonds. The summed E-state index contributed by atoms with van der Waals surface area (Å²) in [5, 5.41) is 2.56. The summed E-state index contributed by atoms with van der Waals surface area (Å²) >= 11 is 0. The second kappa shape index (κ2) is 6.89. The van der Waals surface area contributed by atoms with Crippen molar-refractivity contribution in [3.05, 3.63) is 102 Å². The van der Waals surface area contributed by atoms with E-state index in [0.29, 0.717) is 0 Å². The minimum Gasteiger partial charge on any atom is -1.00 e. The fourth-order valence-corrected chi connectivity index (χ4v) is 3.69. The average molecular weight is 400 g/mol. The molecule has 0 bridgehead atoms. The summed E-state index contributed by atoms with van der Waals surface area (Å²) in [6.45, 7) is 0.878. The van der Waals surface area contributed by atoms with Gasteiger partial charge in [0.1, 0.15) is 0 Å². The van der Waals surface area contributed by atoms with Crippen LogP contribution in [0.5, 0.6) is 0 Å². The Morgan fingerprint density at radius 1 is 0.615 bits per heavy atom. The maximum Gasteiger partial charge on any atom is 0.206 e. The smallest absolute Gasteiger partial charge is 0.206 e. The molecule has 0 spiro atoms. The van der Waals surface area contributed by atoms with E-state index in [1.807, 2.05) is 0 Å². The van der Waals surface area contributed by atoms with E-state index in [2.05, 4.69) is 102 Å². The van der Waals surface area contributed by atoms with Crippen molar-refractivity contribution in [2.75, 3.05) is 0 Å². The lowest BCUT2D eigenvalue weighted by molar-refractivity contribution is -0.452. The Bertz CT molecular complexity index is 1130. The summed E-state index contributed by atoms with van der Waals surface area (Å²) in [6, 6.07) is 32.6. The number of hydrogen-bond acceptors (Lipinski definition) is 0. The molecular formula is C24H18BrN. The lowest BCUT2D eigenvalue weighted by atomic mass is 9.97. The van der Waals surface area contributed by atoms with Gasteiger partial charge in [-0.15, -0.1) is 0 Å². The number of fused-ring (bicyclic) bond motifs is 4. The molecule has 1 aliphatic rings. The first-order valence-electron chi connectivity index (χ1n) is 8.66. The van der Waals surface area contributed by atoms with Crippen molar-refractivity contribution in [3.63, 3.8) is 0 Å². The largest absolute Gasteiger partial charge is 1.00 e. The van der Waals surface area contributed by atoms with Gasteiger partial charge in [0.15, 0.2) is 12.8 Å². The Hall–Kier alpha value is -2.71. The Morgan fingerprint density at radius 2 is 1.31 bits per heavy atom. The molecule has 0 unspecified atom stereocenters. The molecule has 0 aromatic heterocycles. The first-order chi connectivity index (χ1) is 12.4. The SMILES string of the molecule is C1=[N+](c2ccc3ccccc3c2)Cc2ccccc2-c2ccccc21.[Br-]. The van der Waals surface area contributed by atoms with Crippen LogP contribution in [-0.4, -0.2) is 10.8 Å². The van der Waals surface area contributed by atoms with Gasteiger partial charge >= 0.3 is 0 Å². The Labute approximate surface area is 164 Å². The van der Waals surface area contributed by atoms with Crippen LogP contribution in [-0.2, 0) is 6.54 Å². The van der Waals surface area contributed by atoms with E-state index in [1.54, 1.807) is 0 Å². The lowest BCUT2D eigenvalue weighted by Crippen LogP contribution is -3.00. The number of hydrogen-bond donors (Lipinski definition) is 0. The molecule has 5 rings (SSSR count). The highest BCUT2D eigenvalue weighted by molar-refractivity contribution is 5.91. The van der Waals surface area contributed by atoms with Gasteiger partial charge in [-0.05, 0) is 34.0 Å². The molecule has 26 heavy (non-hydrogen) atoms. The highest BCUT2D eigenvalue weighted by Crippen LogP contribution is 2.31. The predicted octanol–water partition coefficient (Wildman–Crippen LogP) is 2.79. The van der Waals surface area contributed by atoms with Crippen molar-refractivity contribution in [3.8, 4) is 11.1 Å². The molecule has 1 aliphatic heterocycles. The van der Waals surface area contributed by atoms with Gasteiger partial charge in [-0.1, -0.05) is 66.7 Å². The van der Waals surface area contributed by atoms with Crippen molar-refractivity contribution in [2.45, 2.75) is 6.54 Å². The van der Waals surface area contributed by atoms with Crippen molar-refractivity contribution < 1.29 is 21.6 Å². The number of rotatable bonds is 1. The monoisotopic (exact) mass is 399 g/mol. The fourth-order valence-electron chi connectivity index (χ4n) is 3.69. The van der Waals surface area contributed by atoms with Crippen LogP contribution in [0, 0.1) is 0 Å². The standard InChI is InChI=1S/C24H18N.BrH/c1-2-8-19-15-22(14-13-18(19)7-1)25-16-20-9-3-5-11-23(20)24-12-6-4-10-21(24)17-25;/h1-16H,17H2;1H/q+1;/p-1. The fraction of sp³-hybridized carbons (Fsp3) is 0.0417. The molecule has 1 heterocycles. The van der Waals surface area contributed by atoms with Gasteiger partial charge in [-0.25, -0.2) is 0 Å². The zero-order chi connectivity index (χ0) is 16.6. The quantitative estimate of drug-likeness (QED) is 0.433. The Balaban J connectivity index is 0.00000168. The maximum absolute atomic E-state index is 2.36. The van der Waals surface area contributed by atoms with E-state index < -0.39 is 0 Å². The van der Waals surface area contributed by atoms with E-state index in [1.165, 1.54) is 38.7 Å². The molecule has 4 aromatic rings. The summed E-state index contributed by atoms with van der Waals surface area (Å²) in [4.78, 5) is 0. The van der Waals surface area contributed by atoms with Crippen LogP contribution in [0.1, 0.15) is 11.1 Å². The third kappa shape index (κ3) is 2.87. The van der Waals surface area contributed by atoms with Crippen molar-refractivity contribution in [1.82, 2.24) is 0 Å². The minimum absolute atomic E-state index is 0. The zero-order valence-corrected chi connectivity index (χ0v) is 15.9. The summed E-state index contributed by atoms with van der Waals surface area (Å²) < 4.78 is 2.36. The molecule has 4 aromatic carbocycles. The Morgan fingerprint density at radius 3 is 2.19 bits per heavy atom. The van der Waals surface area contributed by atoms with E-state index >= 15 is 0 Å². The maximum atomic E-state index is 2.36. The summed E-state index contributed by atoms with van der Waals surface area (Å²) in [6.07, 6.45) is 2.28. The number of benzene rings is 4. The highest BCUT2D eigenvalue weighted by Gasteiger charge is 2.20. The molecule has 0 fully saturated rings. The predicted molar refractivity (Wildman–Crippen MR) is 105 cm³/mol. The van der Waals surface area contributed by atoms with E-state index in [-0.39, 0.29) is 17.0 Å². The lowest BCUT2D eigenvalue weighted by Gasteiger charge is -2.06. The van der Waals surface area contributed by atoms with Crippen LogP contribution in [0.4, 0.5) is 5.69 Å². The summed E-state index contributed by atoms with van der Waals surface area (Å²) in [5.74, 6) is 0. The molecule has 0 saturated heterocycles. The van der Waals surface area contributed by atoms with Gasteiger partial charge in [0.25, 0.3) is 0 Å². The number of nitrogens with zero attached hydrogens (tertiary/aromatic N) is 1. The van der Waals surface area contributed by atoms with Crippen LogP contribution >= 0.6 is 0 Å². The normalized spacial score (nSPS) is 12.4. The van der Waals surface area contributed by atoms with Crippen LogP contribution in [0.25, 0.3) is 21.9 Å². The topological polar surface area (TPSA) is 3.01 Å². The van der Waals surface area contributed by atoms with Crippen molar-refractivity contribution >= 4 is 22.7 Å². The van der Waals surface area contributed by atoms with Crippen LogP contribution in [0.2, 0.25) is 0 Å². The third-order valence-electron chi connectivity index (χ3n) is 4.97. The van der Waals surface area contributed by atoms with E-state index in [0.717, 1.165) is 6.54 Å². The van der Waals surface area contributed by atoms with Crippen molar-refractivity contribution in [2.24, 2.45) is 0 Å². The average Bonchev–Trinajstić information content (AvgIpc) is 2.84. The van der Waals surface area contributed by atoms with Gasteiger partial charge < -0.3 is 17.0 Å². The molecule has 1 nitrogen and oxygen atoms in total. The molecule has 0 saturated carbocycles. The number of halogens is 1. The van der Waals surface area contributed by atoms with Gasteiger partial charge in [-0.2, -0.15) is 4.58 Å². The molecular weight excluding hydrogens is 382 g/mol. The summed E-state index contributed by atoms with van der Waals surface area (Å²) in [5.41, 5.74) is 6.49. The van der Waals surface area contributed by atoms with E-state index in [4.69, 9.17) is 0 Å². The molecule has 0 aliphatic carbocycles. The first kappa shape index (κ1) is 16.7. The van der Waals surface area contributed by atoms with Gasteiger partial charge in [-0.3, -0.25) is 0 Å². The van der Waals surface area contributed by atoms with Crippen LogP contribution in [0.15, 0.2) is 91.0 Å². The van der Waals surface area contributed by atoms with Gasteiger partial charge in [0.05, 0.1) is 0 Å². The molecule has 2 heteroatoms. The van der Waals surface area contributed by atoms with Gasteiger partial charge in [0.2, 0.25) is 5.69 Å². The second-order valence-electron chi connectivity index (χ2n) is 6.53. The molecule has 0 atom stereocenters. The van der Waals surface area contributed by atoms with Gasteiger partial charge in [0, 0.05) is 23.3 Å². The Kier molecular flexibility index (Phi) is 4.44. The van der Waals surface area contributed by atoms with Crippen LogP contribution < -0.4 is 17.0 Å². The highest BCUT2D eigenvalue weighted by atomic mass is 79.9. The van der Waals surface area contributed by atoms with E-state index in [9.17, 15) is 0 Å². The molecule has 0 N–H and O–H groups in total. The van der Waals surface area contributed by atoms with Crippen LogP contribution in [0.3, 0.4) is 0 Å². The molecule has 0 radical (unpaired) electrons. The minimum atomic E-state index is 0. The molecule has 126 valence electrons. The zero-order valence-electron chi connectivity index (χ0n) is 14.3. The third-order valence-corrected chi connectivity index (χ3v) is 4.97. The second-order valence-corrected chi connectivity index (χ2v) is 6.53. The summed E-state index contributed by atoms with van der Waals surface area (Å²) in [7, 11) is 0.